The minimum absolute atomic E-state index is 0.0221. The Labute approximate surface area is 193 Å². The fourth-order valence-electron chi connectivity index (χ4n) is 3.59. The van der Waals surface area contributed by atoms with Gasteiger partial charge in [-0.05, 0) is 55.5 Å². The fraction of sp³-hybridized carbons (Fsp3) is 0.455. The van der Waals surface area contributed by atoms with Crippen LogP contribution in [-0.4, -0.2) is 51.8 Å². The summed E-state index contributed by atoms with van der Waals surface area (Å²) in [6.07, 6.45) is 4.44. The molecule has 1 aliphatic carbocycles. The molecule has 1 aromatic heterocycles. The molecule has 0 atom stereocenters. The van der Waals surface area contributed by atoms with E-state index < -0.39 is 16.0 Å². The molecule has 0 spiro atoms. The molecular weight excluding hydrogens is 450 g/mol. The molecule has 1 amide bonds. The number of thiophene rings is 1. The Kier molecular flexibility index (Phi) is 7.91. The lowest BCUT2D eigenvalue weighted by Gasteiger charge is -2.17. The number of carbonyl (C=O) groups is 2. The van der Waals surface area contributed by atoms with E-state index in [1.165, 1.54) is 34.9 Å². The lowest BCUT2D eigenvalue weighted by Crippen LogP contribution is -2.28. The monoisotopic (exact) mass is 479 g/mol. The zero-order chi connectivity index (χ0) is 23.3. The maximum Gasteiger partial charge on any atom is 0.341 e. The Morgan fingerprint density at radius 3 is 2.56 bits per heavy atom. The number of anilines is 2. The standard InChI is InChI=1S/C22H29N3O5S2/c1-4-5-13-25(2)32(28,29)16-11-9-15(10-12-16)23-14-19(26)24-21-20(22(27)30-3)17-7-6-8-18(17)31-21/h9-12,23H,4-8,13-14H2,1-3H3,(H,24,26). The van der Waals surface area contributed by atoms with Gasteiger partial charge < -0.3 is 15.4 Å². The third kappa shape index (κ3) is 5.31. The summed E-state index contributed by atoms with van der Waals surface area (Å²) in [7, 11) is -0.623. The van der Waals surface area contributed by atoms with Gasteiger partial charge in [-0.25, -0.2) is 17.5 Å². The summed E-state index contributed by atoms with van der Waals surface area (Å²) >= 11 is 1.42. The number of amides is 1. The van der Waals surface area contributed by atoms with Crippen LogP contribution in [0, 0.1) is 0 Å². The van der Waals surface area contributed by atoms with Crippen molar-refractivity contribution in [2.24, 2.45) is 0 Å². The molecule has 0 radical (unpaired) electrons. The molecule has 0 bridgehead atoms. The number of methoxy groups -OCH3 is 1. The Morgan fingerprint density at radius 2 is 1.91 bits per heavy atom. The molecule has 32 heavy (non-hydrogen) atoms. The minimum Gasteiger partial charge on any atom is -0.465 e. The van der Waals surface area contributed by atoms with E-state index in [9.17, 15) is 18.0 Å². The fourth-order valence-corrected chi connectivity index (χ4v) is 6.09. The number of carbonyl (C=O) groups excluding carboxylic acids is 2. The number of ether oxygens (including phenoxy) is 1. The third-order valence-corrected chi connectivity index (χ3v) is 8.48. The number of benzene rings is 1. The zero-order valence-electron chi connectivity index (χ0n) is 18.6. The van der Waals surface area contributed by atoms with E-state index in [1.807, 2.05) is 6.92 Å². The first-order valence-electron chi connectivity index (χ1n) is 10.6. The molecule has 174 valence electrons. The topological polar surface area (TPSA) is 105 Å². The number of hydrogen-bond donors (Lipinski definition) is 2. The first-order chi connectivity index (χ1) is 15.3. The van der Waals surface area contributed by atoms with Crippen LogP contribution < -0.4 is 10.6 Å². The van der Waals surface area contributed by atoms with Crippen molar-refractivity contribution in [2.45, 2.75) is 43.9 Å². The second-order valence-corrected chi connectivity index (χ2v) is 10.8. The summed E-state index contributed by atoms with van der Waals surface area (Å²) in [4.78, 5) is 26.0. The number of sulfonamides is 1. The summed E-state index contributed by atoms with van der Waals surface area (Å²) < 4.78 is 31.4. The van der Waals surface area contributed by atoms with E-state index in [-0.39, 0.29) is 17.3 Å². The highest BCUT2D eigenvalue weighted by Gasteiger charge is 2.28. The van der Waals surface area contributed by atoms with Crippen molar-refractivity contribution in [2.75, 3.05) is 37.9 Å². The van der Waals surface area contributed by atoms with Gasteiger partial charge in [-0.3, -0.25) is 4.79 Å². The van der Waals surface area contributed by atoms with Crippen molar-refractivity contribution in [1.82, 2.24) is 4.31 Å². The van der Waals surface area contributed by atoms with E-state index >= 15 is 0 Å². The first kappa shape index (κ1) is 24.2. The Morgan fingerprint density at radius 1 is 1.19 bits per heavy atom. The van der Waals surface area contributed by atoms with Gasteiger partial charge in [0.15, 0.2) is 0 Å². The van der Waals surface area contributed by atoms with E-state index in [1.54, 1.807) is 19.2 Å². The van der Waals surface area contributed by atoms with Crippen LogP contribution in [0.15, 0.2) is 29.2 Å². The smallest absolute Gasteiger partial charge is 0.341 e. The van der Waals surface area contributed by atoms with Crippen molar-refractivity contribution < 1.29 is 22.7 Å². The quantitative estimate of drug-likeness (QED) is 0.506. The van der Waals surface area contributed by atoms with Crippen molar-refractivity contribution >= 4 is 43.9 Å². The van der Waals surface area contributed by atoms with Gasteiger partial charge in [0, 0.05) is 24.2 Å². The molecule has 10 heteroatoms. The number of hydrogen-bond acceptors (Lipinski definition) is 7. The van der Waals surface area contributed by atoms with Gasteiger partial charge in [0.2, 0.25) is 15.9 Å². The molecule has 0 saturated heterocycles. The number of fused-ring (bicyclic) bond motifs is 1. The van der Waals surface area contributed by atoms with E-state index in [2.05, 4.69) is 10.6 Å². The van der Waals surface area contributed by atoms with Crippen molar-refractivity contribution in [3.8, 4) is 0 Å². The van der Waals surface area contributed by atoms with Gasteiger partial charge in [0.25, 0.3) is 0 Å². The third-order valence-electron chi connectivity index (χ3n) is 5.41. The SMILES string of the molecule is CCCCN(C)S(=O)(=O)c1ccc(NCC(=O)Nc2sc3c(c2C(=O)OC)CCC3)cc1. The van der Waals surface area contributed by atoms with Gasteiger partial charge in [-0.1, -0.05) is 13.3 Å². The maximum atomic E-state index is 12.6. The summed E-state index contributed by atoms with van der Waals surface area (Å²) in [6, 6.07) is 6.31. The van der Waals surface area contributed by atoms with Crippen molar-refractivity contribution in [3.63, 3.8) is 0 Å². The number of rotatable bonds is 10. The molecule has 1 aliphatic rings. The Balaban J connectivity index is 1.61. The molecule has 2 N–H and O–H groups in total. The molecule has 0 unspecified atom stereocenters. The van der Waals surface area contributed by atoms with Crippen LogP contribution in [0.5, 0.6) is 0 Å². The lowest BCUT2D eigenvalue weighted by molar-refractivity contribution is -0.114. The Bertz CT molecular complexity index is 1080. The van der Waals surface area contributed by atoms with Gasteiger partial charge in [-0.2, -0.15) is 0 Å². The van der Waals surface area contributed by atoms with Crippen LogP contribution >= 0.6 is 11.3 Å². The minimum atomic E-state index is -3.53. The molecule has 2 aromatic rings. The summed E-state index contributed by atoms with van der Waals surface area (Å²) in [5.74, 6) is -0.737. The molecule has 1 aromatic carbocycles. The first-order valence-corrected chi connectivity index (χ1v) is 12.9. The van der Waals surface area contributed by atoms with Crippen LogP contribution in [-0.2, 0) is 32.4 Å². The van der Waals surface area contributed by atoms with Crippen LogP contribution in [0.2, 0.25) is 0 Å². The van der Waals surface area contributed by atoms with Crippen LogP contribution in [0.3, 0.4) is 0 Å². The second-order valence-electron chi connectivity index (χ2n) is 7.66. The summed E-state index contributed by atoms with van der Waals surface area (Å²) in [6.45, 7) is 2.46. The van der Waals surface area contributed by atoms with E-state index in [0.717, 1.165) is 42.5 Å². The van der Waals surface area contributed by atoms with Crippen LogP contribution in [0.4, 0.5) is 10.7 Å². The van der Waals surface area contributed by atoms with Crippen LogP contribution in [0.1, 0.15) is 47.0 Å². The van der Waals surface area contributed by atoms with Crippen molar-refractivity contribution in [3.05, 3.63) is 40.3 Å². The van der Waals surface area contributed by atoms with Crippen LogP contribution in [0.25, 0.3) is 0 Å². The summed E-state index contributed by atoms with van der Waals surface area (Å²) in [5.41, 5.74) is 2.06. The predicted octanol–water partition coefficient (Wildman–Crippen LogP) is 3.49. The van der Waals surface area contributed by atoms with Gasteiger partial charge in [-0.15, -0.1) is 11.3 Å². The molecular formula is C22H29N3O5S2. The number of nitrogens with one attached hydrogen (secondary N) is 2. The van der Waals surface area contributed by atoms with E-state index in [0.29, 0.717) is 22.8 Å². The van der Waals surface area contributed by atoms with Gasteiger partial charge in [0.05, 0.1) is 24.1 Å². The highest BCUT2D eigenvalue weighted by Crippen LogP contribution is 2.39. The number of esters is 1. The number of unbranched alkanes of at least 4 members (excludes halogenated alkanes) is 1. The van der Waals surface area contributed by atoms with Gasteiger partial charge in [0.1, 0.15) is 5.00 Å². The molecule has 8 nitrogen and oxygen atoms in total. The second kappa shape index (κ2) is 10.5. The largest absolute Gasteiger partial charge is 0.465 e. The predicted molar refractivity (Wildman–Crippen MR) is 126 cm³/mol. The van der Waals surface area contributed by atoms with Crippen molar-refractivity contribution in [1.29, 1.82) is 0 Å². The number of nitrogens with zero attached hydrogens (tertiary/aromatic N) is 1. The van der Waals surface area contributed by atoms with E-state index in [4.69, 9.17) is 4.74 Å². The lowest BCUT2D eigenvalue weighted by atomic mass is 10.1. The molecule has 3 rings (SSSR count). The average Bonchev–Trinajstić information content (AvgIpc) is 3.36. The summed E-state index contributed by atoms with van der Waals surface area (Å²) in [5, 5.41) is 6.31. The average molecular weight is 480 g/mol. The highest BCUT2D eigenvalue weighted by atomic mass is 32.2. The zero-order valence-corrected chi connectivity index (χ0v) is 20.2. The molecule has 0 saturated carbocycles. The number of aryl methyl sites for hydroxylation is 1. The highest BCUT2D eigenvalue weighted by molar-refractivity contribution is 7.89. The molecule has 1 heterocycles. The molecule has 0 aliphatic heterocycles. The maximum absolute atomic E-state index is 12.6. The normalized spacial score (nSPS) is 13.1. The van der Waals surface area contributed by atoms with Gasteiger partial charge >= 0.3 is 5.97 Å². The molecule has 0 fully saturated rings. The Hall–Kier alpha value is -2.43.